The molecule has 0 amide bonds. The number of rotatable bonds is 2. The lowest BCUT2D eigenvalue weighted by Crippen LogP contribution is -2.04. The van der Waals surface area contributed by atoms with Gasteiger partial charge in [0.05, 0.1) is 16.2 Å². The highest BCUT2D eigenvalue weighted by Crippen LogP contribution is 2.28. The van der Waals surface area contributed by atoms with Crippen LogP contribution in [0.3, 0.4) is 0 Å². The number of nitrogens with two attached hydrogens (primary N) is 1. The number of halogens is 1. The van der Waals surface area contributed by atoms with Crippen molar-refractivity contribution >= 4 is 11.5 Å². The molecule has 1 aromatic carbocycles. The molecule has 2 aromatic rings. The zero-order chi connectivity index (χ0) is 13.3. The molecule has 0 saturated heterocycles. The number of nitrogen functional groups attached to an aromatic ring is 1. The fourth-order valence-electron chi connectivity index (χ4n) is 1.52. The summed E-state index contributed by atoms with van der Waals surface area (Å²) in [7, 11) is 0. The molecule has 6 nitrogen and oxygen atoms in total. The van der Waals surface area contributed by atoms with E-state index in [1.807, 2.05) is 0 Å². The van der Waals surface area contributed by atoms with Crippen molar-refractivity contribution in [2.24, 2.45) is 0 Å². The third kappa shape index (κ3) is 1.97. The summed E-state index contributed by atoms with van der Waals surface area (Å²) >= 11 is 0. The molecule has 0 fully saturated rings. The fraction of sp³-hybridized carbons (Fsp3) is 0.0909. The first-order valence-corrected chi connectivity index (χ1v) is 5.04. The summed E-state index contributed by atoms with van der Waals surface area (Å²) < 4.78 is 13.3. The largest absolute Gasteiger partial charge is 0.381 e. The van der Waals surface area contributed by atoms with Gasteiger partial charge in [-0.05, 0) is 13.0 Å². The van der Waals surface area contributed by atoms with E-state index in [0.717, 1.165) is 0 Å². The third-order valence-corrected chi connectivity index (χ3v) is 2.38. The minimum Gasteiger partial charge on any atom is -0.381 e. The van der Waals surface area contributed by atoms with Crippen LogP contribution in [0.25, 0.3) is 11.4 Å². The van der Waals surface area contributed by atoms with Crippen LogP contribution < -0.4 is 5.73 Å². The maximum absolute atomic E-state index is 13.3. The predicted octanol–water partition coefficient (Wildman–Crippen LogP) is 2.08. The SMILES string of the molecule is Cc1nc(-c2ccccc2[N+](=O)[O-])nc(N)c1F. The van der Waals surface area contributed by atoms with E-state index in [-0.39, 0.29) is 28.6 Å². The molecule has 0 aliphatic carbocycles. The zero-order valence-corrected chi connectivity index (χ0v) is 9.42. The average Bonchev–Trinajstić information content (AvgIpc) is 2.35. The van der Waals surface area contributed by atoms with Crippen LogP contribution in [-0.4, -0.2) is 14.9 Å². The molecule has 0 radical (unpaired) electrons. The van der Waals surface area contributed by atoms with Gasteiger partial charge in [-0.3, -0.25) is 10.1 Å². The topological polar surface area (TPSA) is 94.9 Å². The summed E-state index contributed by atoms with van der Waals surface area (Å²) in [4.78, 5) is 17.9. The van der Waals surface area contributed by atoms with Gasteiger partial charge < -0.3 is 5.73 Å². The Balaban J connectivity index is 2.66. The number of para-hydroxylation sites is 1. The van der Waals surface area contributed by atoms with Crippen LogP contribution in [0.1, 0.15) is 5.69 Å². The Hall–Kier alpha value is -2.57. The Morgan fingerprint density at radius 3 is 2.61 bits per heavy atom. The van der Waals surface area contributed by atoms with Gasteiger partial charge in [0.15, 0.2) is 17.5 Å². The lowest BCUT2D eigenvalue weighted by atomic mass is 10.1. The lowest BCUT2D eigenvalue weighted by molar-refractivity contribution is -0.384. The summed E-state index contributed by atoms with van der Waals surface area (Å²) in [5.41, 5.74) is 5.50. The van der Waals surface area contributed by atoms with E-state index < -0.39 is 10.7 Å². The van der Waals surface area contributed by atoms with Gasteiger partial charge in [0.2, 0.25) is 0 Å². The van der Waals surface area contributed by atoms with Crippen LogP contribution in [0.2, 0.25) is 0 Å². The maximum Gasteiger partial charge on any atom is 0.280 e. The number of aromatic nitrogens is 2. The molecule has 0 atom stereocenters. The van der Waals surface area contributed by atoms with E-state index in [0.29, 0.717) is 0 Å². The average molecular weight is 248 g/mol. The second-order valence-electron chi connectivity index (χ2n) is 3.61. The molecule has 0 spiro atoms. The van der Waals surface area contributed by atoms with Gasteiger partial charge >= 0.3 is 0 Å². The molecule has 1 heterocycles. The molecular formula is C11H9FN4O2. The standard InChI is InChI=1S/C11H9FN4O2/c1-6-9(12)10(13)15-11(14-6)7-4-2-3-5-8(7)16(17)18/h2-5H,1H3,(H2,13,14,15). The summed E-state index contributed by atoms with van der Waals surface area (Å²) in [5.74, 6) is -0.994. The van der Waals surface area contributed by atoms with Crippen molar-refractivity contribution in [1.29, 1.82) is 0 Å². The molecule has 1 aromatic heterocycles. The van der Waals surface area contributed by atoms with Gasteiger partial charge in [0.25, 0.3) is 5.69 Å². The Kier molecular flexibility index (Phi) is 2.88. The van der Waals surface area contributed by atoms with Gasteiger partial charge in [-0.15, -0.1) is 0 Å². The first-order valence-electron chi connectivity index (χ1n) is 5.04. The van der Waals surface area contributed by atoms with E-state index in [1.165, 1.54) is 25.1 Å². The molecule has 0 aliphatic heterocycles. The summed E-state index contributed by atoms with van der Waals surface area (Å²) in [6.07, 6.45) is 0. The molecular weight excluding hydrogens is 239 g/mol. The minimum atomic E-state index is -0.711. The number of aryl methyl sites for hydroxylation is 1. The molecule has 18 heavy (non-hydrogen) atoms. The van der Waals surface area contributed by atoms with Gasteiger partial charge in [-0.25, -0.2) is 14.4 Å². The highest BCUT2D eigenvalue weighted by atomic mass is 19.1. The van der Waals surface area contributed by atoms with E-state index in [4.69, 9.17) is 5.73 Å². The van der Waals surface area contributed by atoms with Gasteiger partial charge in [0.1, 0.15) is 0 Å². The summed E-state index contributed by atoms with van der Waals surface area (Å²) in [6, 6.07) is 5.96. The minimum absolute atomic E-state index is 0.0405. The second kappa shape index (κ2) is 4.36. The Morgan fingerprint density at radius 1 is 1.33 bits per heavy atom. The highest BCUT2D eigenvalue weighted by molar-refractivity contribution is 5.68. The van der Waals surface area contributed by atoms with Gasteiger partial charge in [-0.1, -0.05) is 12.1 Å². The first-order chi connectivity index (χ1) is 8.50. The highest BCUT2D eigenvalue weighted by Gasteiger charge is 2.18. The van der Waals surface area contributed by atoms with Crippen molar-refractivity contribution in [3.05, 3.63) is 45.9 Å². The zero-order valence-electron chi connectivity index (χ0n) is 9.42. The van der Waals surface area contributed by atoms with Crippen LogP contribution in [0.5, 0.6) is 0 Å². The summed E-state index contributed by atoms with van der Waals surface area (Å²) in [5, 5.41) is 10.9. The van der Waals surface area contributed by atoms with Crippen molar-refractivity contribution in [2.45, 2.75) is 6.92 Å². The van der Waals surface area contributed by atoms with Crippen LogP contribution in [0, 0.1) is 22.9 Å². The van der Waals surface area contributed by atoms with Crippen LogP contribution in [-0.2, 0) is 0 Å². The van der Waals surface area contributed by atoms with Gasteiger partial charge in [0, 0.05) is 6.07 Å². The Labute approximate surface area is 101 Å². The van der Waals surface area contributed by atoms with Crippen molar-refractivity contribution in [2.75, 3.05) is 5.73 Å². The quantitative estimate of drug-likeness (QED) is 0.648. The predicted molar refractivity (Wildman–Crippen MR) is 63.2 cm³/mol. The fourth-order valence-corrected chi connectivity index (χ4v) is 1.52. The Morgan fingerprint density at radius 2 is 2.00 bits per heavy atom. The Bertz CT molecular complexity index is 607. The monoisotopic (exact) mass is 248 g/mol. The molecule has 0 unspecified atom stereocenters. The number of hydrogen-bond donors (Lipinski definition) is 1. The third-order valence-electron chi connectivity index (χ3n) is 2.38. The maximum atomic E-state index is 13.3. The van der Waals surface area contributed by atoms with E-state index in [1.54, 1.807) is 6.07 Å². The number of nitro benzene ring substituents is 1. The number of nitrogens with zero attached hydrogens (tertiary/aromatic N) is 3. The number of benzene rings is 1. The van der Waals surface area contributed by atoms with Crippen LogP contribution in [0.4, 0.5) is 15.9 Å². The summed E-state index contributed by atoms with van der Waals surface area (Å²) in [6.45, 7) is 1.42. The van der Waals surface area contributed by atoms with Crippen molar-refractivity contribution in [3.63, 3.8) is 0 Å². The first kappa shape index (κ1) is 11.9. The smallest absolute Gasteiger partial charge is 0.280 e. The molecule has 2 rings (SSSR count). The molecule has 0 aliphatic rings. The second-order valence-corrected chi connectivity index (χ2v) is 3.61. The molecule has 2 N–H and O–H groups in total. The van der Waals surface area contributed by atoms with Crippen LogP contribution in [0.15, 0.2) is 24.3 Å². The lowest BCUT2D eigenvalue weighted by Gasteiger charge is -2.05. The number of anilines is 1. The molecule has 7 heteroatoms. The van der Waals surface area contributed by atoms with Crippen molar-refractivity contribution in [1.82, 2.24) is 9.97 Å². The van der Waals surface area contributed by atoms with Gasteiger partial charge in [-0.2, -0.15) is 0 Å². The number of nitro groups is 1. The number of hydrogen-bond acceptors (Lipinski definition) is 5. The van der Waals surface area contributed by atoms with E-state index in [9.17, 15) is 14.5 Å². The van der Waals surface area contributed by atoms with Crippen molar-refractivity contribution < 1.29 is 9.31 Å². The molecule has 92 valence electrons. The van der Waals surface area contributed by atoms with Crippen LogP contribution >= 0.6 is 0 Å². The van der Waals surface area contributed by atoms with E-state index >= 15 is 0 Å². The van der Waals surface area contributed by atoms with E-state index in [2.05, 4.69) is 9.97 Å². The van der Waals surface area contributed by atoms with Crippen molar-refractivity contribution in [3.8, 4) is 11.4 Å². The molecule has 0 bridgehead atoms. The molecule has 0 saturated carbocycles. The normalized spacial score (nSPS) is 10.3.